The number of nitrogens with one attached hydrogen (secondary N) is 2. The number of aliphatic hydroxyl groups excluding tert-OH is 1. The van der Waals surface area contributed by atoms with E-state index in [0.29, 0.717) is 12.3 Å². The molecule has 1 aliphatic carbocycles. The van der Waals surface area contributed by atoms with E-state index in [0.717, 1.165) is 37.8 Å². The standard InChI is InChI=1S/C22H34N2O2/c1-4-6-21(25)23-19-11-7-17(8-12-19)15-18-9-13-20(14-10-18)24-22(26)16(3)5-2/h7-9,11-13,16,18,20,22,24,26H,4-6,10,14-15H2,1-3H3,(H,23,25)/t16-,18?,20-,22?/m0/s1. The molecule has 1 amide bonds. The minimum Gasteiger partial charge on any atom is -0.378 e. The van der Waals surface area contributed by atoms with Crippen LogP contribution in [0.15, 0.2) is 36.4 Å². The van der Waals surface area contributed by atoms with Crippen molar-refractivity contribution in [1.29, 1.82) is 0 Å². The fourth-order valence-corrected chi connectivity index (χ4v) is 3.27. The lowest BCUT2D eigenvalue weighted by Crippen LogP contribution is -2.42. The maximum absolute atomic E-state index is 11.6. The molecule has 2 unspecified atom stereocenters. The average Bonchev–Trinajstić information content (AvgIpc) is 2.64. The van der Waals surface area contributed by atoms with Crippen LogP contribution in [0.5, 0.6) is 0 Å². The van der Waals surface area contributed by atoms with Crippen LogP contribution in [0, 0.1) is 11.8 Å². The van der Waals surface area contributed by atoms with Crippen molar-refractivity contribution >= 4 is 11.6 Å². The summed E-state index contributed by atoms with van der Waals surface area (Å²) in [4.78, 5) is 11.6. The molecule has 0 saturated heterocycles. The van der Waals surface area contributed by atoms with E-state index in [2.05, 4.69) is 48.8 Å². The highest BCUT2D eigenvalue weighted by atomic mass is 16.3. The van der Waals surface area contributed by atoms with E-state index >= 15 is 0 Å². The van der Waals surface area contributed by atoms with Crippen molar-refractivity contribution in [3.05, 3.63) is 42.0 Å². The SMILES string of the molecule is CCCC(=O)Nc1ccc(CC2C=C[C@H](NC(O)[C@@H](C)CC)CC2)cc1. The van der Waals surface area contributed by atoms with Crippen molar-refractivity contribution in [2.24, 2.45) is 11.8 Å². The molecule has 0 saturated carbocycles. The topological polar surface area (TPSA) is 61.4 Å². The zero-order valence-electron chi connectivity index (χ0n) is 16.4. The van der Waals surface area contributed by atoms with Gasteiger partial charge in [0.05, 0.1) is 0 Å². The van der Waals surface area contributed by atoms with Crippen molar-refractivity contribution in [2.75, 3.05) is 5.32 Å². The molecule has 0 aliphatic heterocycles. The van der Waals surface area contributed by atoms with Gasteiger partial charge in [0.15, 0.2) is 0 Å². The smallest absolute Gasteiger partial charge is 0.224 e. The summed E-state index contributed by atoms with van der Waals surface area (Å²) < 4.78 is 0. The van der Waals surface area contributed by atoms with Crippen LogP contribution in [-0.4, -0.2) is 23.3 Å². The molecule has 0 bridgehead atoms. The molecule has 0 radical (unpaired) electrons. The number of carbonyl (C=O) groups is 1. The van der Waals surface area contributed by atoms with Crippen LogP contribution >= 0.6 is 0 Å². The molecule has 0 spiro atoms. The molecule has 1 aromatic rings. The third-order valence-corrected chi connectivity index (χ3v) is 5.24. The normalized spacial score (nSPS) is 22.0. The maximum Gasteiger partial charge on any atom is 0.224 e. The predicted octanol–water partition coefficient (Wildman–Crippen LogP) is 4.26. The lowest BCUT2D eigenvalue weighted by Gasteiger charge is -2.28. The van der Waals surface area contributed by atoms with Gasteiger partial charge in [-0.15, -0.1) is 0 Å². The van der Waals surface area contributed by atoms with Crippen molar-refractivity contribution in [2.45, 2.75) is 71.6 Å². The van der Waals surface area contributed by atoms with E-state index < -0.39 is 6.23 Å². The van der Waals surface area contributed by atoms with Crippen LogP contribution in [-0.2, 0) is 11.2 Å². The monoisotopic (exact) mass is 358 g/mol. The van der Waals surface area contributed by atoms with E-state index in [1.165, 1.54) is 5.56 Å². The van der Waals surface area contributed by atoms with Crippen molar-refractivity contribution in [3.8, 4) is 0 Å². The Balaban J connectivity index is 1.81. The van der Waals surface area contributed by atoms with Gasteiger partial charge < -0.3 is 10.4 Å². The Bertz CT molecular complexity index is 582. The highest BCUT2D eigenvalue weighted by Crippen LogP contribution is 2.23. The summed E-state index contributed by atoms with van der Waals surface area (Å²) in [5.41, 5.74) is 2.16. The van der Waals surface area contributed by atoms with Crippen LogP contribution in [0.2, 0.25) is 0 Å². The summed E-state index contributed by atoms with van der Waals surface area (Å²) in [6.45, 7) is 6.18. The number of allylic oxidation sites excluding steroid dienone is 1. The molecule has 0 heterocycles. The third kappa shape index (κ3) is 6.58. The molecular formula is C22H34N2O2. The van der Waals surface area contributed by atoms with Gasteiger partial charge >= 0.3 is 0 Å². The Morgan fingerprint density at radius 3 is 2.50 bits per heavy atom. The predicted molar refractivity (Wildman–Crippen MR) is 108 cm³/mol. The quantitative estimate of drug-likeness (QED) is 0.457. The Morgan fingerprint density at radius 1 is 1.19 bits per heavy atom. The van der Waals surface area contributed by atoms with E-state index in [4.69, 9.17) is 0 Å². The molecule has 4 heteroatoms. The van der Waals surface area contributed by atoms with E-state index in [9.17, 15) is 9.90 Å². The van der Waals surface area contributed by atoms with Crippen LogP contribution in [0.25, 0.3) is 0 Å². The minimum atomic E-state index is -0.429. The van der Waals surface area contributed by atoms with E-state index in [1.807, 2.05) is 19.1 Å². The highest BCUT2D eigenvalue weighted by Gasteiger charge is 2.20. The molecule has 0 aromatic heterocycles. The lowest BCUT2D eigenvalue weighted by molar-refractivity contribution is -0.116. The molecule has 4 atom stereocenters. The molecule has 1 aliphatic rings. The number of hydrogen-bond donors (Lipinski definition) is 3. The third-order valence-electron chi connectivity index (χ3n) is 5.24. The number of benzene rings is 1. The molecule has 4 nitrogen and oxygen atoms in total. The zero-order valence-corrected chi connectivity index (χ0v) is 16.4. The van der Waals surface area contributed by atoms with Crippen LogP contribution in [0.3, 0.4) is 0 Å². The van der Waals surface area contributed by atoms with Gasteiger partial charge in [0.1, 0.15) is 6.23 Å². The summed E-state index contributed by atoms with van der Waals surface area (Å²) in [6, 6.07) is 8.45. The average molecular weight is 359 g/mol. The van der Waals surface area contributed by atoms with E-state index in [1.54, 1.807) is 0 Å². The Morgan fingerprint density at radius 2 is 1.92 bits per heavy atom. The second-order valence-corrected chi connectivity index (χ2v) is 7.53. The molecular weight excluding hydrogens is 324 g/mol. The summed E-state index contributed by atoms with van der Waals surface area (Å²) in [5, 5.41) is 16.4. The van der Waals surface area contributed by atoms with Crippen LogP contribution in [0.1, 0.15) is 58.4 Å². The van der Waals surface area contributed by atoms with E-state index in [-0.39, 0.29) is 17.9 Å². The van der Waals surface area contributed by atoms with Gasteiger partial charge in [0.25, 0.3) is 0 Å². The second kappa shape index (κ2) is 10.5. The van der Waals surface area contributed by atoms with Gasteiger partial charge in [0.2, 0.25) is 5.91 Å². The first kappa shape index (κ1) is 20.7. The van der Waals surface area contributed by atoms with Gasteiger partial charge in [-0.2, -0.15) is 0 Å². The number of carbonyl (C=O) groups excluding carboxylic acids is 1. The largest absolute Gasteiger partial charge is 0.378 e. The van der Waals surface area contributed by atoms with Gasteiger partial charge in [-0.25, -0.2) is 0 Å². The van der Waals surface area contributed by atoms with Crippen molar-refractivity contribution < 1.29 is 9.90 Å². The molecule has 3 N–H and O–H groups in total. The Labute approximate surface area is 158 Å². The van der Waals surface area contributed by atoms with Crippen LogP contribution in [0.4, 0.5) is 5.69 Å². The second-order valence-electron chi connectivity index (χ2n) is 7.53. The maximum atomic E-state index is 11.6. The summed E-state index contributed by atoms with van der Waals surface area (Å²) in [7, 11) is 0. The summed E-state index contributed by atoms with van der Waals surface area (Å²) in [6.07, 6.45) is 9.65. The first-order chi connectivity index (χ1) is 12.5. The number of aliphatic hydroxyl groups is 1. The number of anilines is 1. The van der Waals surface area contributed by atoms with Crippen molar-refractivity contribution in [1.82, 2.24) is 5.32 Å². The number of rotatable bonds is 9. The highest BCUT2D eigenvalue weighted by molar-refractivity contribution is 5.90. The zero-order chi connectivity index (χ0) is 18.9. The summed E-state index contributed by atoms with van der Waals surface area (Å²) >= 11 is 0. The number of amides is 1. The fraction of sp³-hybridized carbons (Fsp3) is 0.591. The fourth-order valence-electron chi connectivity index (χ4n) is 3.27. The first-order valence-electron chi connectivity index (χ1n) is 10.0. The molecule has 2 rings (SSSR count). The van der Waals surface area contributed by atoms with Gasteiger partial charge in [0, 0.05) is 18.2 Å². The number of hydrogen-bond acceptors (Lipinski definition) is 3. The lowest BCUT2D eigenvalue weighted by atomic mass is 9.87. The van der Waals surface area contributed by atoms with Gasteiger partial charge in [-0.3, -0.25) is 10.1 Å². The summed E-state index contributed by atoms with van der Waals surface area (Å²) in [5.74, 6) is 0.889. The molecule has 0 fully saturated rings. The van der Waals surface area contributed by atoms with Gasteiger partial charge in [-0.1, -0.05) is 45.1 Å². The minimum absolute atomic E-state index is 0.0774. The molecule has 26 heavy (non-hydrogen) atoms. The van der Waals surface area contributed by atoms with Crippen LogP contribution < -0.4 is 10.6 Å². The molecule has 1 aromatic carbocycles. The van der Waals surface area contributed by atoms with Crippen molar-refractivity contribution in [3.63, 3.8) is 0 Å². The Hall–Kier alpha value is -1.65. The molecule has 144 valence electrons. The van der Waals surface area contributed by atoms with Gasteiger partial charge in [-0.05, 0) is 61.6 Å². The first-order valence-corrected chi connectivity index (χ1v) is 10.0. The Kier molecular flexibility index (Phi) is 8.33.